The molecule has 0 saturated carbocycles. The number of ether oxygens (including phenoxy) is 1. The number of aryl methyl sites for hydroxylation is 2. The topological polar surface area (TPSA) is 22.1 Å². The molecule has 0 unspecified atom stereocenters. The van der Waals surface area contributed by atoms with Crippen LogP contribution >= 0.6 is 0 Å². The zero-order chi connectivity index (χ0) is 13.9. The molecular weight excluding hydrogens is 246 g/mol. The van der Waals surface area contributed by atoms with Gasteiger partial charge in [-0.05, 0) is 72.2 Å². The van der Waals surface area contributed by atoms with Crippen LogP contribution in [0, 0.1) is 6.92 Å². The first-order valence-electron chi connectivity index (χ1n) is 7.04. The van der Waals surface area contributed by atoms with Gasteiger partial charge in [-0.15, -0.1) is 0 Å². The van der Waals surface area contributed by atoms with Crippen molar-refractivity contribution in [2.45, 2.75) is 26.2 Å². The summed E-state index contributed by atoms with van der Waals surface area (Å²) in [6.45, 7) is 2.15. The van der Waals surface area contributed by atoms with Gasteiger partial charge in [0.1, 0.15) is 5.75 Å². The van der Waals surface area contributed by atoms with Crippen molar-refractivity contribution < 1.29 is 4.74 Å². The van der Waals surface area contributed by atoms with E-state index in [1.807, 2.05) is 18.5 Å². The van der Waals surface area contributed by atoms with E-state index in [1.54, 1.807) is 7.11 Å². The van der Waals surface area contributed by atoms with Crippen LogP contribution in [-0.2, 0) is 12.8 Å². The summed E-state index contributed by atoms with van der Waals surface area (Å²) in [4.78, 5) is 4.25. The highest BCUT2D eigenvalue weighted by Crippen LogP contribution is 2.31. The van der Waals surface area contributed by atoms with E-state index in [9.17, 15) is 0 Å². The number of allylic oxidation sites excluding steroid dienone is 2. The molecule has 1 aliphatic rings. The van der Waals surface area contributed by atoms with E-state index in [0.29, 0.717) is 0 Å². The van der Waals surface area contributed by atoms with Gasteiger partial charge in [-0.25, -0.2) is 0 Å². The van der Waals surface area contributed by atoms with Gasteiger partial charge in [0.05, 0.1) is 7.11 Å². The maximum Gasteiger partial charge on any atom is 0.119 e. The second-order valence-corrected chi connectivity index (χ2v) is 5.27. The molecule has 102 valence electrons. The molecule has 2 nitrogen and oxygen atoms in total. The fraction of sp³-hybridized carbons (Fsp3) is 0.278. The Morgan fingerprint density at radius 1 is 1.25 bits per heavy atom. The van der Waals surface area contributed by atoms with E-state index < -0.39 is 0 Å². The lowest BCUT2D eigenvalue weighted by Crippen LogP contribution is -2.03. The molecule has 3 rings (SSSR count). The molecule has 0 saturated heterocycles. The Morgan fingerprint density at radius 3 is 2.95 bits per heavy atom. The smallest absolute Gasteiger partial charge is 0.119 e. The molecule has 1 aliphatic carbocycles. The molecule has 0 atom stereocenters. The third-order valence-electron chi connectivity index (χ3n) is 3.99. The maximum absolute atomic E-state index is 5.32. The van der Waals surface area contributed by atoms with E-state index in [0.717, 1.165) is 25.0 Å². The molecule has 0 N–H and O–H groups in total. The zero-order valence-corrected chi connectivity index (χ0v) is 12.0. The highest BCUT2D eigenvalue weighted by Gasteiger charge is 2.14. The normalized spacial score (nSPS) is 13.6. The van der Waals surface area contributed by atoms with Crippen molar-refractivity contribution >= 4 is 5.57 Å². The average molecular weight is 265 g/mol. The van der Waals surface area contributed by atoms with E-state index >= 15 is 0 Å². The molecule has 1 heterocycles. The van der Waals surface area contributed by atoms with Crippen LogP contribution in [0.4, 0.5) is 0 Å². The second kappa shape index (κ2) is 5.49. The summed E-state index contributed by atoms with van der Waals surface area (Å²) in [6, 6.07) is 8.48. The molecule has 0 spiro atoms. The predicted octanol–water partition coefficient (Wildman–Crippen LogP) is 3.97. The summed E-state index contributed by atoms with van der Waals surface area (Å²) in [6.07, 6.45) is 9.36. The standard InChI is InChI=1S/C18H19NO/c1-13-8-9-19-12-16(13)10-14-4-3-5-15-11-17(20-2)6-7-18(14)15/h4,6-9,11-12H,3,5,10H2,1-2H3. The largest absolute Gasteiger partial charge is 0.497 e. The van der Waals surface area contributed by atoms with Crippen molar-refractivity contribution in [2.24, 2.45) is 0 Å². The van der Waals surface area contributed by atoms with Gasteiger partial charge in [0, 0.05) is 12.4 Å². The number of methoxy groups -OCH3 is 1. The molecule has 0 aliphatic heterocycles. The number of aromatic nitrogens is 1. The number of hydrogen-bond donors (Lipinski definition) is 0. The van der Waals surface area contributed by atoms with Gasteiger partial charge >= 0.3 is 0 Å². The van der Waals surface area contributed by atoms with Crippen LogP contribution in [0.15, 0.2) is 42.7 Å². The van der Waals surface area contributed by atoms with Crippen molar-refractivity contribution in [3.8, 4) is 5.75 Å². The van der Waals surface area contributed by atoms with Crippen LogP contribution < -0.4 is 4.74 Å². The number of pyridine rings is 1. The van der Waals surface area contributed by atoms with Gasteiger partial charge in [0.15, 0.2) is 0 Å². The predicted molar refractivity (Wildman–Crippen MR) is 82.0 cm³/mol. The lowest BCUT2D eigenvalue weighted by molar-refractivity contribution is 0.414. The molecule has 2 aromatic rings. The summed E-state index contributed by atoms with van der Waals surface area (Å²) in [5.74, 6) is 0.947. The lowest BCUT2D eigenvalue weighted by Gasteiger charge is -2.19. The van der Waals surface area contributed by atoms with Crippen molar-refractivity contribution in [3.63, 3.8) is 0 Å². The summed E-state index contributed by atoms with van der Waals surface area (Å²) in [5.41, 5.74) is 6.78. The molecule has 2 heteroatoms. The van der Waals surface area contributed by atoms with Gasteiger partial charge in [0.25, 0.3) is 0 Å². The maximum atomic E-state index is 5.32. The molecule has 1 aromatic heterocycles. The summed E-state index contributed by atoms with van der Waals surface area (Å²) >= 11 is 0. The lowest BCUT2D eigenvalue weighted by atomic mass is 9.87. The molecule has 0 radical (unpaired) electrons. The second-order valence-electron chi connectivity index (χ2n) is 5.27. The van der Waals surface area contributed by atoms with E-state index in [-0.39, 0.29) is 0 Å². The Kier molecular flexibility index (Phi) is 3.55. The number of fused-ring (bicyclic) bond motifs is 1. The third kappa shape index (κ3) is 2.46. The van der Waals surface area contributed by atoms with Crippen LogP contribution in [0.5, 0.6) is 5.75 Å². The molecule has 1 aromatic carbocycles. The van der Waals surface area contributed by atoms with Crippen molar-refractivity contribution in [3.05, 3.63) is 65.0 Å². The highest BCUT2D eigenvalue weighted by atomic mass is 16.5. The summed E-state index contributed by atoms with van der Waals surface area (Å²) in [7, 11) is 1.72. The van der Waals surface area contributed by atoms with Crippen LogP contribution in [0.2, 0.25) is 0 Å². The average Bonchev–Trinajstić information content (AvgIpc) is 2.49. The van der Waals surface area contributed by atoms with Crippen LogP contribution in [0.3, 0.4) is 0 Å². The minimum Gasteiger partial charge on any atom is -0.497 e. The zero-order valence-electron chi connectivity index (χ0n) is 12.0. The number of benzene rings is 1. The molecule has 0 amide bonds. The van der Waals surface area contributed by atoms with Crippen LogP contribution in [-0.4, -0.2) is 12.1 Å². The fourth-order valence-electron chi connectivity index (χ4n) is 2.78. The number of rotatable bonds is 3. The van der Waals surface area contributed by atoms with Crippen LogP contribution in [0.1, 0.15) is 28.7 Å². The molecule has 0 bridgehead atoms. The van der Waals surface area contributed by atoms with Gasteiger partial charge in [-0.1, -0.05) is 12.1 Å². The summed E-state index contributed by atoms with van der Waals surface area (Å²) < 4.78 is 5.32. The molecular formula is C18H19NO. The Bertz CT molecular complexity index is 658. The van der Waals surface area contributed by atoms with Gasteiger partial charge in [0.2, 0.25) is 0 Å². The first-order chi connectivity index (χ1) is 9.78. The fourth-order valence-corrected chi connectivity index (χ4v) is 2.78. The first-order valence-corrected chi connectivity index (χ1v) is 7.04. The van der Waals surface area contributed by atoms with Crippen LogP contribution in [0.25, 0.3) is 5.57 Å². The Labute approximate surface area is 120 Å². The minimum atomic E-state index is 0.947. The molecule has 20 heavy (non-hydrogen) atoms. The quantitative estimate of drug-likeness (QED) is 0.837. The number of hydrogen-bond acceptors (Lipinski definition) is 2. The Morgan fingerprint density at radius 2 is 2.15 bits per heavy atom. The molecule has 0 fully saturated rings. The SMILES string of the molecule is COc1ccc2c(c1)CCC=C2Cc1cnccc1C. The van der Waals surface area contributed by atoms with Gasteiger partial charge in [-0.2, -0.15) is 0 Å². The highest BCUT2D eigenvalue weighted by molar-refractivity contribution is 5.72. The van der Waals surface area contributed by atoms with E-state index in [2.05, 4.69) is 36.2 Å². The monoisotopic (exact) mass is 265 g/mol. The van der Waals surface area contributed by atoms with Crippen molar-refractivity contribution in [1.29, 1.82) is 0 Å². The third-order valence-corrected chi connectivity index (χ3v) is 3.99. The van der Waals surface area contributed by atoms with Crippen molar-refractivity contribution in [1.82, 2.24) is 4.98 Å². The number of nitrogens with zero attached hydrogens (tertiary/aromatic N) is 1. The summed E-state index contributed by atoms with van der Waals surface area (Å²) in [5, 5.41) is 0. The van der Waals surface area contributed by atoms with Gasteiger partial charge < -0.3 is 4.74 Å². The minimum absolute atomic E-state index is 0.947. The van der Waals surface area contributed by atoms with E-state index in [4.69, 9.17) is 4.74 Å². The van der Waals surface area contributed by atoms with Crippen molar-refractivity contribution in [2.75, 3.05) is 7.11 Å². The first kappa shape index (κ1) is 12.9. The Balaban J connectivity index is 1.93. The van der Waals surface area contributed by atoms with Gasteiger partial charge in [-0.3, -0.25) is 4.98 Å². The Hall–Kier alpha value is -2.09. The van der Waals surface area contributed by atoms with E-state index in [1.165, 1.54) is 27.8 Å².